The van der Waals surface area contributed by atoms with Crippen molar-refractivity contribution in [1.29, 1.82) is 0 Å². The molecule has 1 saturated carbocycles. The quantitative estimate of drug-likeness (QED) is 0.767. The van der Waals surface area contributed by atoms with Crippen LogP contribution >= 0.6 is 0 Å². The van der Waals surface area contributed by atoms with Gasteiger partial charge in [-0.05, 0) is 67.7 Å². The molecular weight excluding hydrogens is 249 g/mol. The van der Waals surface area contributed by atoms with Crippen LogP contribution in [0, 0.1) is 17.2 Å². The lowest BCUT2D eigenvalue weighted by atomic mass is 9.65. The fraction of sp³-hybridized carbons (Fsp3) is 0.667. The summed E-state index contributed by atoms with van der Waals surface area (Å²) in [4.78, 5) is 0. The predicted octanol–water partition coefficient (Wildman–Crippen LogP) is 4.74. The number of rotatable bonds is 5. The van der Waals surface area contributed by atoms with Gasteiger partial charge in [0.1, 0.15) is 5.82 Å². The van der Waals surface area contributed by atoms with Gasteiger partial charge in [0.2, 0.25) is 0 Å². The highest BCUT2D eigenvalue weighted by Crippen LogP contribution is 2.46. The fourth-order valence-electron chi connectivity index (χ4n) is 3.49. The standard InChI is InChI=1S/C18H28FN/c1-4-11-20-13-14-9-10-18(2,3)12-16(14)15-7-5-6-8-17(15)19/h5-8,14,16,20H,4,9-13H2,1-3H3. The van der Waals surface area contributed by atoms with Crippen molar-refractivity contribution in [2.24, 2.45) is 11.3 Å². The van der Waals surface area contributed by atoms with Crippen molar-refractivity contribution in [2.75, 3.05) is 13.1 Å². The molecule has 1 aromatic rings. The zero-order chi connectivity index (χ0) is 14.6. The second kappa shape index (κ2) is 6.71. The van der Waals surface area contributed by atoms with Crippen LogP contribution in [0.1, 0.15) is 57.9 Å². The van der Waals surface area contributed by atoms with Crippen molar-refractivity contribution in [3.63, 3.8) is 0 Å². The first-order valence-corrected chi connectivity index (χ1v) is 7.98. The minimum atomic E-state index is -0.0318. The Balaban J connectivity index is 2.16. The Labute approximate surface area is 123 Å². The Morgan fingerprint density at radius 3 is 2.75 bits per heavy atom. The lowest BCUT2D eigenvalue weighted by Crippen LogP contribution is -2.35. The first-order chi connectivity index (χ1) is 9.53. The van der Waals surface area contributed by atoms with Crippen molar-refractivity contribution >= 4 is 0 Å². The summed E-state index contributed by atoms with van der Waals surface area (Å²) in [5, 5.41) is 3.53. The molecule has 1 nitrogen and oxygen atoms in total. The summed E-state index contributed by atoms with van der Waals surface area (Å²) in [5.74, 6) is 0.881. The van der Waals surface area contributed by atoms with Crippen LogP contribution in [0.5, 0.6) is 0 Å². The zero-order valence-corrected chi connectivity index (χ0v) is 13.1. The molecule has 1 aliphatic rings. The second-order valence-electron chi connectivity index (χ2n) is 7.00. The van der Waals surface area contributed by atoms with E-state index in [1.165, 1.54) is 12.8 Å². The SMILES string of the molecule is CCCNCC1CCC(C)(C)CC1c1ccccc1F. The highest BCUT2D eigenvalue weighted by atomic mass is 19.1. The van der Waals surface area contributed by atoms with Crippen molar-refractivity contribution in [3.05, 3.63) is 35.6 Å². The van der Waals surface area contributed by atoms with Gasteiger partial charge in [0.05, 0.1) is 0 Å². The van der Waals surface area contributed by atoms with Crippen molar-refractivity contribution < 1.29 is 4.39 Å². The Kier molecular flexibility index (Phi) is 5.20. The van der Waals surface area contributed by atoms with Gasteiger partial charge < -0.3 is 5.32 Å². The molecule has 1 fully saturated rings. The molecule has 0 spiro atoms. The summed E-state index contributed by atoms with van der Waals surface area (Å²) < 4.78 is 14.2. The van der Waals surface area contributed by atoms with E-state index in [2.05, 4.69) is 26.1 Å². The minimum Gasteiger partial charge on any atom is -0.316 e. The summed E-state index contributed by atoms with van der Waals surface area (Å²) in [6, 6.07) is 7.34. The molecule has 0 heterocycles. The highest BCUT2D eigenvalue weighted by molar-refractivity contribution is 5.23. The lowest BCUT2D eigenvalue weighted by Gasteiger charge is -2.41. The van der Waals surface area contributed by atoms with E-state index in [-0.39, 0.29) is 5.82 Å². The first kappa shape index (κ1) is 15.5. The van der Waals surface area contributed by atoms with Crippen LogP contribution in [0.25, 0.3) is 0 Å². The smallest absolute Gasteiger partial charge is 0.126 e. The van der Waals surface area contributed by atoms with Gasteiger partial charge in [-0.25, -0.2) is 4.39 Å². The van der Waals surface area contributed by atoms with E-state index in [1.54, 1.807) is 12.1 Å². The van der Waals surface area contributed by atoms with E-state index in [4.69, 9.17) is 0 Å². The second-order valence-corrected chi connectivity index (χ2v) is 7.00. The third-order valence-corrected chi connectivity index (χ3v) is 4.67. The van der Waals surface area contributed by atoms with Crippen molar-refractivity contribution in [1.82, 2.24) is 5.32 Å². The molecular formula is C18H28FN. The van der Waals surface area contributed by atoms with E-state index < -0.39 is 0 Å². The normalized spacial score (nSPS) is 25.6. The maximum absolute atomic E-state index is 14.2. The number of halogens is 1. The molecule has 1 aliphatic carbocycles. The molecule has 0 aliphatic heterocycles. The number of benzene rings is 1. The molecule has 0 aromatic heterocycles. The number of hydrogen-bond acceptors (Lipinski definition) is 1. The Morgan fingerprint density at radius 1 is 1.30 bits per heavy atom. The van der Waals surface area contributed by atoms with E-state index in [1.807, 2.05) is 12.1 Å². The van der Waals surface area contributed by atoms with Crippen LogP contribution in [-0.4, -0.2) is 13.1 Å². The molecule has 2 heteroatoms. The van der Waals surface area contributed by atoms with Gasteiger partial charge in [-0.15, -0.1) is 0 Å². The van der Waals surface area contributed by atoms with Gasteiger partial charge in [-0.2, -0.15) is 0 Å². The molecule has 2 atom stereocenters. The van der Waals surface area contributed by atoms with Crippen LogP contribution in [0.3, 0.4) is 0 Å². The molecule has 1 N–H and O–H groups in total. The van der Waals surface area contributed by atoms with Crippen molar-refractivity contribution in [3.8, 4) is 0 Å². The van der Waals surface area contributed by atoms with E-state index in [0.717, 1.165) is 31.5 Å². The largest absolute Gasteiger partial charge is 0.316 e. The summed E-state index contributed by atoms with van der Waals surface area (Å²) in [6.45, 7) is 8.89. The minimum absolute atomic E-state index is 0.0318. The van der Waals surface area contributed by atoms with Crippen LogP contribution in [0.4, 0.5) is 4.39 Å². The monoisotopic (exact) mass is 277 g/mol. The van der Waals surface area contributed by atoms with Gasteiger partial charge in [-0.1, -0.05) is 39.0 Å². The average Bonchev–Trinajstić information content (AvgIpc) is 2.41. The molecule has 1 aromatic carbocycles. The van der Waals surface area contributed by atoms with Crippen LogP contribution in [0.15, 0.2) is 24.3 Å². The molecule has 0 radical (unpaired) electrons. The topological polar surface area (TPSA) is 12.0 Å². The Hall–Kier alpha value is -0.890. The van der Waals surface area contributed by atoms with Gasteiger partial charge in [-0.3, -0.25) is 0 Å². The molecule has 112 valence electrons. The summed E-state index contributed by atoms with van der Waals surface area (Å²) in [7, 11) is 0. The predicted molar refractivity (Wildman–Crippen MR) is 83.4 cm³/mol. The maximum Gasteiger partial charge on any atom is 0.126 e. The third-order valence-electron chi connectivity index (χ3n) is 4.67. The van der Waals surface area contributed by atoms with Crippen LogP contribution in [0.2, 0.25) is 0 Å². The van der Waals surface area contributed by atoms with Gasteiger partial charge in [0, 0.05) is 0 Å². The summed E-state index contributed by atoms with van der Waals surface area (Å²) in [5.41, 5.74) is 1.25. The lowest BCUT2D eigenvalue weighted by molar-refractivity contribution is 0.157. The van der Waals surface area contributed by atoms with E-state index in [0.29, 0.717) is 17.3 Å². The maximum atomic E-state index is 14.2. The summed E-state index contributed by atoms with van der Waals surface area (Å²) in [6.07, 6.45) is 4.69. The van der Waals surface area contributed by atoms with Crippen LogP contribution < -0.4 is 5.32 Å². The highest BCUT2D eigenvalue weighted by Gasteiger charge is 2.36. The number of nitrogens with one attached hydrogen (secondary N) is 1. The Bertz CT molecular complexity index is 427. The summed E-state index contributed by atoms with van der Waals surface area (Å²) >= 11 is 0. The van der Waals surface area contributed by atoms with E-state index in [9.17, 15) is 4.39 Å². The van der Waals surface area contributed by atoms with Gasteiger partial charge >= 0.3 is 0 Å². The molecule has 2 rings (SSSR count). The fourth-order valence-corrected chi connectivity index (χ4v) is 3.49. The average molecular weight is 277 g/mol. The van der Waals surface area contributed by atoms with Gasteiger partial charge in [0.15, 0.2) is 0 Å². The molecule has 2 unspecified atom stereocenters. The molecule has 0 saturated heterocycles. The molecule has 0 bridgehead atoms. The molecule has 0 amide bonds. The van der Waals surface area contributed by atoms with E-state index >= 15 is 0 Å². The first-order valence-electron chi connectivity index (χ1n) is 7.98. The Morgan fingerprint density at radius 2 is 2.05 bits per heavy atom. The zero-order valence-electron chi connectivity index (χ0n) is 13.1. The van der Waals surface area contributed by atoms with Gasteiger partial charge in [0.25, 0.3) is 0 Å². The van der Waals surface area contributed by atoms with Crippen molar-refractivity contribution in [2.45, 2.75) is 52.4 Å². The molecule has 20 heavy (non-hydrogen) atoms. The number of hydrogen-bond donors (Lipinski definition) is 1. The van der Waals surface area contributed by atoms with Crippen LogP contribution in [-0.2, 0) is 0 Å². The third kappa shape index (κ3) is 3.82.